The fourth-order valence-electron chi connectivity index (χ4n) is 3.24. The average molecular weight is 402 g/mol. The van der Waals surface area contributed by atoms with Crippen LogP contribution >= 0.6 is 0 Å². The van der Waals surface area contributed by atoms with Crippen LogP contribution < -0.4 is 19.7 Å². The quantitative estimate of drug-likeness (QED) is 0.718. The highest BCUT2D eigenvalue weighted by molar-refractivity contribution is 6.03. The van der Waals surface area contributed by atoms with Crippen LogP contribution in [-0.4, -0.2) is 31.5 Å². The third kappa shape index (κ3) is 4.12. The van der Waals surface area contributed by atoms with E-state index in [0.717, 1.165) is 5.56 Å². The summed E-state index contributed by atoms with van der Waals surface area (Å²) in [6, 6.07) is 21.0. The van der Waals surface area contributed by atoms with E-state index in [1.807, 2.05) is 49.4 Å². The molecule has 0 unspecified atom stereocenters. The number of anilines is 1. The summed E-state index contributed by atoms with van der Waals surface area (Å²) >= 11 is 0. The number of fused-ring (bicyclic) bond motifs is 1. The number of amides is 2. The second kappa shape index (κ2) is 8.29. The van der Waals surface area contributed by atoms with Gasteiger partial charge in [0.25, 0.3) is 11.8 Å². The second-order valence-corrected chi connectivity index (χ2v) is 7.14. The molecule has 6 heteroatoms. The topological polar surface area (TPSA) is 67.9 Å². The van der Waals surface area contributed by atoms with Crippen LogP contribution in [0.2, 0.25) is 0 Å². The maximum Gasteiger partial charge on any atom is 0.252 e. The smallest absolute Gasteiger partial charge is 0.252 e. The predicted octanol–water partition coefficient (Wildman–Crippen LogP) is 3.94. The monoisotopic (exact) mass is 402 g/mol. The molecule has 1 aliphatic heterocycles. The standard InChI is InChI=1S/C24H22N2O4/c1-16-10-12-18(13-11-16)30-19-7-5-6-17(14-19)23(27)25-20-15-29-22-9-4-3-8-21(22)26(2)24(20)28/h3-14,20H,15H2,1-2H3,(H,25,27)/t20-/m0/s1. The lowest BCUT2D eigenvalue weighted by Gasteiger charge is -2.20. The SMILES string of the molecule is Cc1ccc(Oc2cccc(C(=O)N[C@H]3COc4ccccc4N(C)C3=O)c2)cc1. The Kier molecular flexibility index (Phi) is 5.39. The number of rotatable bonds is 4. The van der Waals surface area contributed by atoms with Gasteiger partial charge in [0.15, 0.2) is 0 Å². The maximum absolute atomic E-state index is 12.8. The van der Waals surface area contributed by atoms with Crippen LogP contribution in [0.5, 0.6) is 17.2 Å². The van der Waals surface area contributed by atoms with E-state index in [-0.39, 0.29) is 18.4 Å². The molecule has 0 saturated heterocycles. The van der Waals surface area contributed by atoms with Crippen molar-refractivity contribution in [2.75, 3.05) is 18.6 Å². The van der Waals surface area contributed by atoms with E-state index < -0.39 is 6.04 Å². The molecule has 1 heterocycles. The zero-order chi connectivity index (χ0) is 21.1. The van der Waals surface area contributed by atoms with E-state index in [2.05, 4.69) is 5.32 Å². The molecule has 3 aromatic carbocycles. The number of carbonyl (C=O) groups is 2. The minimum absolute atomic E-state index is 0.0610. The van der Waals surface area contributed by atoms with Crippen molar-refractivity contribution in [1.29, 1.82) is 0 Å². The largest absolute Gasteiger partial charge is 0.489 e. The van der Waals surface area contributed by atoms with E-state index in [9.17, 15) is 9.59 Å². The molecule has 1 atom stereocenters. The summed E-state index contributed by atoms with van der Waals surface area (Å²) in [7, 11) is 1.67. The molecule has 6 nitrogen and oxygen atoms in total. The number of likely N-dealkylation sites (N-methyl/N-ethyl adjacent to an activating group) is 1. The first-order valence-corrected chi connectivity index (χ1v) is 9.66. The molecule has 1 aliphatic rings. The molecule has 0 spiro atoms. The highest BCUT2D eigenvalue weighted by atomic mass is 16.5. The van der Waals surface area contributed by atoms with E-state index >= 15 is 0 Å². The number of para-hydroxylation sites is 2. The first-order valence-electron chi connectivity index (χ1n) is 9.66. The van der Waals surface area contributed by atoms with Crippen LogP contribution in [0.15, 0.2) is 72.8 Å². The molecular weight excluding hydrogens is 380 g/mol. The van der Waals surface area contributed by atoms with Crippen molar-refractivity contribution in [3.63, 3.8) is 0 Å². The van der Waals surface area contributed by atoms with Gasteiger partial charge in [-0.25, -0.2) is 0 Å². The van der Waals surface area contributed by atoms with Crippen LogP contribution in [-0.2, 0) is 4.79 Å². The first-order chi connectivity index (χ1) is 14.5. The summed E-state index contributed by atoms with van der Waals surface area (Å²) in [5.74, 6) is 1.23. The number of benzene rings is 3. The number of carbonyl (C=O) groups excluding carboxylic acids is 2. The zero-order valence-corrected chi connectivity index (χ0v) is 16.8. The first kappa shape index (κ1) is 19.5. The summed E-state index contributed by atoms with van der Waals surface area (Å²) in [4.78, 5) is 27.1. The molecule has 4 rings (SSSR count). The lowest BCUT2D eigenvalue weighted by molar-refractivity contribution is -0.120. The minimum atomic E-state index is -0.795. The van der Waals surface area contributed by atoms with E-state index in [4.69, 9.17) is 9.47 Å². The Labute approximate surface area is 175 Å². The summed E-state index contributed by atoms with van der Waals surface area (Å²) in [6.07, 6.45) is 0. The van der Waals surface area contributed by atoms with Crippen molar-refractivity contribution in [3.05, 3.63) is 83.9 Å². The minimum Gasteiger partial charge on any atom is -0.489 e. The number of hydrogen-bond donors (Lipinski definition) is 1. The molecule has 0 saturated carbocycles. The summed E-state index contributed by atoms with van der Waals surface area (Å²) in [6.45, 7) is 2.06. The van der Waals surface area contributed by atoms with Crippen molar-refractivity contribution in [2.45, 2.75) is 13.0 Å². The molecule has 152 valence electrons. The number of nitrogens with zero attached hydrogens (tertiary/aromatic N) is 1. The third-order valence-electron chi connectivity index (χ3n) is 4.92. The fourth-order valence-corrected chi connectivity index (χ4v) is 3.24. The Balaban J connectivity index is 1.47. The van der Waals surface area contributed by atoms with Gasteiger partial charge in [0.1, 0.15) is 29.9 Å². The van der Waals surface area contributed by atoms with Gasteiger partial charge in [-0.05, 0) is 49.4 Å². The van der Waals surface area contributed by atoms with E-state index in [1.54, 1.807) is 37.4 Å². The van der Waals surface area contributed by atoms with Gasteiger partial charge in [-0.1, -0.05) is 35.9 Å². The van der Waals surface area contributed by atoms with Crippen LogP contribution in [0.4, 0.5) is 5.69 Å². The van der Waals surface area contributed by atoms with Gasteiger partial charge < -0.3 is 19.7 Å². The van der Waals surface area contributed by atoms with Gasteiger partial charge in [-0.15, -0.1) is 0 Å². The number of ether oxygens (including phenoxy) is 2. The molecule has 1 N–H and O–H groups in total. The molecule has 0 aromatic heterocycles. The van der Waals surface area contributed by atoms with Gasteiger partial charge in [-0.2, -0.15) is 0 Å². The second-order valence-electron chi connectivity index (χ2n) is 7.14. The lowest BCUT2D eigenvalue weighted by atomic mass is 10.1. The van der Waals surface area contributed by atoms with Crippen molar-refractivity contribution < 1.29 is 19.1 Å². The van der Waals surface area contributed by atoms with Gasteiger partial charge in [0.2, 0.25) is 0 Å². The molecule has 0 bridgehead atoms. The van der Waals surface area contributed by atoms with Gasteiger partial charge in [0, 0.05) is 12.6 Å². The lowest BCUT2D eigenvalue weighted by Crippen LogP contribution is -2.49. The van der Waals surface area contributed by atoms with Crippen molar-refractivity contribution in [3.8, 4) is 17.2 Å². The molecule has 3 aromatic rings. The Morgan fingerprint density at radius 1 is 1.03 bits per heavy atom. The Bertz CT molecular complexity index is 1080. The highest BCUT2D eigenvalue weighted by Gasteiger charge is 2.30. The van der Waals surface area contributed by atoms with E-state index in [1.165, 1.54) is 4.90 Å². The Morgan fingerprint density at radius 3 is 2.60 bits per heavy atom. The highest BCUT2D eigenvalue weighted by Crippen LogP contribution is 2.30. The van der Waals surface area contributed by atoms with Gasteiger partial charge in [-0.3, -0.25) is 9.59 Å². The van der Waals surface area contributed by atoms with Crippen molar-refractivity contribution in [1.82, 2.24) is 5.32 Å². The van der Waals surface area contributed by atoms with Crippen molar-refractivity contribution >= 4 is 17.5 Å². The summed E-state index contributed by atoms with van der Waals surface area (Å²) in [5.41, 5.74) is 2.21. The maximum atomic E-state index is 12.8. The normalized spacial score (nSPS) is 15.6. The molecule has 0 fully saturated rings. The van der Waals surface area contributed by atoms with E-state index in [0.29, 0.717) is 28.5 Å². The molecule has 0 aliphatic carbocycles. The van der Waals surface area contributed by atoms with Crippen molar-refractivity contribution in [2.24, 2.45) is 0 Å². The van der Waals surface area contributed by atoms with Gasteiger partial charge in [0.05, 0.1) is 5.69 Å². The molecule has 30 heavy (non-hydrogen) atoms. The third-order valence-corrected chi connectivity index (χ3v) is 4.92. The summed E-state index contributed by atoms with van der Waals surface area (Å²) < 4.78 is 11.6. The Hall–Kier alpha value is -3.80. The summed E-state index contributed by atoms with van der Waals surface area (Å²) in [5, 5.41) is 2.78. The van der Waals surface area contributed by atoms with Crippen LogP contribution in [0, 0.1) is 6.92 Å². The Morgan fingerprint density at radius 2 is 1.80 bits per heavy atom. The number of aryl methyl sites for hydroxylation is 1. The molecular formula is C24H22N2O4. The predicted molar refractivity (Wildman–Crippen MR) is 114 cm³/mol. The number of nitrogens with one attached hydrogen (secondary N) is 1. The fraction of sp³-hybridized carbons (Fsp3) is 0.167. The number of hydrogen-bond acceptors (Lipinski definition) is 4. The average Bonchev–Trinajstić information content (AvgIpc) is 2.88. The molecule has 2 amide bonds. The van der Waals surface area contributed by atoms with Crippen LogP contribution in [0.3, 0.4) is 0 Å². The molecule has 0 radical (unpaired) electrons. The van der Waals surface area contributed by atoms with Crippen LogP contribution in [0.1, 0.15) is 15.9 Å². The zero-order valence-electron chi connectivity index (χ0n) is 16.8. The van der Waals surface area contributed by atoms with Gasteiger partial charge >= 0.3 is 0 Å². The van der Waals surface area contributed by atoms with Crippen LogP contribution in [0.25, 0.3) is 0 Å².